The van der Waals surface area contributed by atoms with Gasteiger partial charge < -0.3 is 25.7 Å². The van der Waals surface area contributed by atoms with Gasteiger partial charge in [-0.25, -0.2) is 9.78 Å². The number of anilines is 1. The minimum absolute atomic E-state index is 0.00896. The van der Waals surface area contributed by atoms with Crippen LogP contribution in [0.5, 0.6) is 0 Å². The van der Waals surface area contributed by atoms with Crippen molar-refractivity contribution >= 4 is 57.7 Å². The third kappa shape index (κ3) is 5.01. The van der Waals surface area contributed by atoms with E-state index in [1.165, 1.54) is 35.9 Å². The number of carbonyl (C=O) groups is 4. The summed E-state index contributed by atoms with van der Waals surface area (Å²) in [5.74, 6) is -2.47. The topological polar surface area (TPSA) is 174 Å². The van der Waals surface area contributed by atoms with Crippen LogP contribution in [0.25, 0.3) is 0 Å². The van der Waals surface area contributed by atoms with Gasteiger partial charge in [-0.2, -0.15) is 0 Å². The van der Waals surface area contributed by atoms with Gasteiger partial charge in [0.15, 0.2) is 10.8 Å². The smallest absolute Gasteiger partial charge is 0.358 e. The Morgan fingerprint density at radius 1 is 1.42 bits per heavy atom. The second kappa shape index (κ2) is 10.0. The summed E-state index contributed by atoms with van der Waals surface area (Å²) < 4.78 is 10.0. The fraction of sp³-hybridized carbons (Fsp3) is 0.368. The number of rotatable bonds is 7. The lowest BCUT2D eigenvalue weighted by molar-refractivity contribution is -0.182. The monoisotopic (exact) mass is 495 g/mol. The number of ether oxygens (including phenoxy) is 2. The third-order valence-corrected chi connectivity index (χ3v) is 6.51. The van der Waals surface area contributed by atoms with Crippen LogP contribution < -0.4 is 11.1 Å². The van der Waals surface area contributed by atoms with Gasteiger partial charge in [-0.3, -0.25) is 19.3 Å². The molecule has 0 spiro atoms. The molecule has 0 saturated carbocycles. The number of thiazole rings is 1. The first kappa shape index (κ1) is 24.3. The van der Waals surface area contributed by atoms with E-state index in [1.807, 2.05) is 0 Å². The summed E-state index contributed by atoms with van der Waals surface area (Å²) in [5, 5.41) is 15.8. The van der Waals surface area contributed by atoms with Gasteiger partial charge >= 0.3 is 11.9 Å². The molecule has 0 bridgehead atoms. The second-order valence-corrected chi connectivity index (χ2v) is 8.83. The Labute approximate surface area is 196 Å². The van der Waals surface area contributed by atoms with Crippen molar-refractivity contribution in [3.05, 3.63) is 34.5 Å². The summed E-state index contributed by atoms with van der Waals surface area (Å²) in [6.07, 6.45) is 2.24. The number of esters is 2. The van der Waals surface area contributed by atoms with Gasteiger partial charge in [0.05, 0.1) is 0 Å². The Morgan fingerprint density at radius 3 is 2.73 bits per heavy atom. The Bertz CT molecular complexity index is 1080. The number of amides is 2. The maximum absolute atomic E-state index is 12.9. The number of nitrogens with zero attached hydrogens (tertiary/aromatic N) is 3. The summed E-state index contributed by atoms with van der Waals surface area (Å²) in [6, 6.07) is -0.976. The molecule has 2 aliphatic heterocycles. The van der Waals surface area contributed by atoms with Crippen LogP contribution in [0.3, 0.4) is 0 Å². The zero-order valence-electron chi connectivity index (χ0n) is 17.8. The molecule has 1 aromatic rings. The van der Waals surface area contributed by atoms with Crippen LogP contribution in [0, 0.1) is 0 Å². The van der Waals surface area contributed by atoms with E-state index in [0.717, 1.165) is 11.3 Å². The number of nitrogens with one attached hydrogen (secondary N) is 1. The molecule has 3 heterocycles. The summed E-state index contributed by atoms with van der Waals surface area (Å²) in [4.78, 5) is 54.6. The van der Waals surface area contributed by atoms with E-state index in [0.29, 0.717) is 11.3 Å². The van der Waals surface area contributed by atoms with Crippen LogP contribution in [0.4, 0.5) is 5.13 Å². The number of carbonyl (C=O) groups excluding carboxylic acids is 4. The van der Waals surface area contributed by atoms with Crippen molar-refractivity contribution < 1.29 is 33.9 Å². The first-order valence-corrected chi connectivity index (χ1v) is 11.5. The first-order valence-electron chi connectivity index (χ1n) is 9.60. The van der Waals surface area contributed by atoms with E-state index in [9.17, 15) is 24.4 Å². The minimum atomic E-state index is -1.15. The molecule has 12 nitrogen and oxygen atoms in total. The van der Waals surface area contributed by atoms with Crippen molar-refractivity contribution in [2.45, 2.75) is 38.5 Å². The molecule has 2 amide bonds. The second-order valence-electron chi connectivity index (χ2n) is 6.84. The molecule has 1 aromatic heterocycles. The number of fused-ring (bicyclic) bond motifs is 1. The zero-order valence-corrected chi connectivity index (χ0v) is 19.4. The van der Waals surface area contributed by atoms with Crippen molar-refractivity contribution in [2.24, 2.45) is 5.16 Å². The lowest BCUT2D eigenvalue weighted by atomic mass is 10.0. The van der Waals surface area contributed by atoms with Gasteiger partial charge in [-0.1, -0.05) is 17.3 Å². The SMILES string of the molecule is C/C=C\C1=C(C(=O)OC(C)OC(C)=O)N2C(=O)C(NC(=O)/C(=N\O)c3csc(N)n3)[C@@H]2SC1. The number of β-lactam (4-membered cyclic amide) rings is 1. The molecule has 1 fully saturated rings. The molecule has 0 aliphatic carbocycles. The summed E-state index contributed by atoms with van der Waals surface area (Å²) in [6.45, 7) is 4.32. The summed E-state index contributed by atoms with van der Waals surface area (Å²) >= 11 is 2.40. The van der Waals surface area contributed by atoms with E-state index < -0.39 is 47.2 Å². The van der Waals surface area contributed by atoms with E-state index in [2.05, 4.69) is 15.5 Å². The number of hydrogen-bond acceptors (Lipinski definition) is 12. The molecule has 14 heteroatoms. The van der Waals surface area contributed by atoms with Crippen LogP contribution in [-0.4, -0.2) is 68.0 Å². The highest BCUT2D eigenvalue weighted by Crippen LogP contribution is 2.41. The van der Waals surface area contributed by atoms with Crippen LogP contribution in [0.1, 0.15) is 26.5 Å². The normalized spacial score (nSPS) is 21.4. The van der Waals surface area contributed by atoms with Crippen LogP contribution in [-0.2, 0) is 28.7 Å². The molecule has 1 saturated heterocycles. The number of oxime groups is 1. The number of hydrogen-bond donors (Lipinski definition) is 3. The molecular formula is C19H21N5O7S2. The summed E-state index contributed by atoms with van der Waals surface area (Å²) in [5.41, 5.74) is 5.78. The van der Waals surface area contributed by atoms with Gasteiger partial charge in [0.1, 0.15) is 22.8 Å². The van der Waals surface area contributed by atoms with Gasteiger partial charge in [-0.05, 0) is 12.5 Å². The fourth-order valence-corrected chi connectivity index (χ4v) is 5.11. The fourth-order valence-electron chi connectivity index (χ4n) is 3.24. The van der Waals surface area contributed by atoms with Crippen LogP contribution in [0.15, 0.2) is 34.0 Å². The largest absolute Gasteiger partial charge is 0.426 e. The molecule has 0 radical (unpaired) electrons. The van der Waals surface area contributed by atoms with Gasteiger partial charge in [-0.15, -0.1) is 23.1 Å². The molecule has 3 rings (SSSR count). The van der Waals surface area contributed by atoms with Crippen LogP contribution in [0.2, 0.25) is 0 Å². The van der Waals surface area contributed by atoms with Gasteiger partial charge in [0.25, 0.3) is 11.8 Å². The Hall–Kier alpha value is -3.39. The maximum atomic E-state index is 12.9. The number of aromatic nitrogens is 1. The zero-order chi connectivity index (χ0) is 24.3. The van der Waals surface area contributed by atoms with E-state index in [1.54, 1.807) is 19.1 Å². The molecule has 176 valence electrons. The molecular weight excluding hydrogens is 474 g/mol. The molecule has 2 unspecified atom stereocenters. The number of thioether (sulfide) groups is 1. The average molecular weight is 496 g/mol. The Balaban J connectivity index is 1.78. The standard InChI is InChI=1S/C19H21N5O7S2/c1-4-5-10-6-32-17-13(22-15(26)12(23-29)11-7-33-19(20)21-11)16(27)24(17)14(10)18(28)31-9(3)30-8(2)25/h4-5,7,9,13,17,29H,6H2,1-3H3,(H2,20,21)(H,22,26)/b5-4-,23-12-/t9?,13?,17-/m0/s1. The Kier molecular flexibility index (Phi) is 7.38. The highest BCUT2D eigenvalue weighted by molar-refractivity contribution is 8.00. The predicted octanol–water partition coefficient (Wildman–Crippen LogP) is 0.586. The highest BCUT2D eigenvalue weighted by atomic mass is 32.2. The third-order valence-electron chi connectivity index (χ3n) is 4.53. The number of nitrogen functional groups attached to an aromatic ring is 1. The van der Waals surface area contributed by atoms with Crippen molar-refractivity contribution in [3.8, 4) is 0 Å². The van der Waals surface area contributed by atoms with Gasteiger partial charge in [0.2, 0.25) is 6.29 Å². The van der Waals surface area contributed by atoms with E-state index >= 15 is 0 Å². The molecule has 33 heavy (non-hydrogen) atoms. The highest BCUT2D eigenvalue weighted by Gasteiger charge is 2.54. The molecule has 4 N–H and O–H groups in total. The van der Waals surface area contributed by atoms with Crippen molar-refractivity contribution in [1.82, 2.24) is 15.2 Å². The molecule has 0 aromatic carbocycles. The predicted molar refractivity (Wildman–Crippen MR) is 119 cm³/mol. The van der Waals surface area contributed by atoms with Crippen molar-refractivity contribution in [1.29, 1.82) is 0 Å². The van der Waals surface area contributed by atoms with E-state index in [4.69, 9.17) is 15.2 Å². The number of allylic oxidation sites excluding steroid dienone is 2. The van der Waals surface area contributed by atoms with Crippen molar-refractivity contribution in [3.63, 3.8) is 0 Å². The number of nitrogens with two attached hydrogens (primary N) is 1. The average Bonchev–Trinajstić information content (AvgIpc) is 3.17. The lowest BCUT2D eigenvalue weighted by Gasteiger charge is -2.49. The minimum Gasteiger partial charge on any atom is -0.426 e. The Morgan fingerprint density at radius 2 is 2.15 bits per heavy atom. The quantitative estimate of drug-likeness (QED) is 0.121. The van der Waals surface area contributed by atoms with E-state index in [-0.39, 0.29) is 16.5 Å². The molecule has 3 atom stereocenters. The van der Waals surface area contributed by atoms with Crippen molar-refractivity contribution in [2.75, 3.05) is 11.5 Å². The van der Waals surface area contributed by atoms with Gasteiger partial charge in [0, 0.05) is 25.0 Å². The molecule has 2 aliphatic rings. The maximum Gasteiger partial charge on any atom is 0.358 e. The first-order chi connectivity index (χ1) is 15.7. The van der Waals surface area contributed by atoms with Crippen LogP contribution >= 0.6 is 23.1 Å². The lowest BCUT2D eigenvalue weighted by Crippen LogP contribution is -2.71. The summed E-state index contributed by atoms with van der Waals surface area (Å²) in [7, 11) is 0.